The summed E-state index contributed by atoms with van der Waals surface area (Å²) >= 11 is 0. The molecular formula is C34H49NO10. The first kappa shape index (κ1) is 31.9. The fraction of sp³-hybridized carbons (Fsp3) is 0.794. The number of ether oxygens (including phenoxy) is 6. The van der Waals surface area contributed by atoms with Crippen molar-refractivity contribution in [3.63, 3.8) is 0 Å². The van der Waals surface area contributed by atoms with Crippen molar-refractivity contribution in [3.8, 4) is 0 Å². The van der Waals surface area contributed by atoms with E-state index in [1.54, 1.807) is 45.6 Å². The van der Waals surface area contributed by atoms with Gasteiger partial charge in [0.25, 0.3) is 0 Å². The molecule has 0 radical (unpaired) electrons. The highest BCUT2D eigenvalue weighted by atomic mass is 16.6. The van der Waals surface area contributed by atoms with E-state index in [9.17, 15) is 20.1 Å². The molecule has 7 rings (SSSR count). The molecule has 7 bridgehead atoms. The Morgan fingerprint density at radius 2 is 1.73 bits per heavy atom. The third-order valence-corrected chi connectivity index (χ3v) is 13.2. The molecule has 15 atom stereocenters. The van der Waals surface area contributed by atoms with Crippen LogP contribution in [0, 0.1) is 34.5 Å². The molecule has 0 unspecified atom stereocenters. The van der Waals surface area contributed by atoms with Crippen LogP contribution in [0.3, 0.4) is 0 Å². The number of hydrogen-bond donors (Lipinski definition) is 3. The normalized spacial score (nSPS) is 50.9. The van der Waals surface area contributed by atoms with Gasteiger partial charge in [-0.1, -0.05) is 25.1 Å². The van der Waals surface area contributed by atoms with Crippen LogP contribution < -0.4 is 0 Å². The molecule has 250 valence electrons. The van der Waals surface area contributed by atoms with E-state index in [1.165, 1.54) is 7.11 Å². The molecule has 1 heterocycles. The predicted octanol–water partition coefficient (Wildman–Crippen LogP) is 1.12. The Labute approximate surface area is 265 Å². The van der Waals surface area contributed by atoms with E-state index >= 15 is 0 Å². The number of aliphatic hydroxyl groups is 3. The van der Waals surface area contributed by atoms with Crippen molar-refractivity contribution in [3.05, 3.63) is 35.9 Å². The van der Waals surface area contributed by atoms with Gasteiger partial charge in [0, 0.05) is 82.6 Å². The van der Waals surface area contributed by atoms with Gasteiger partial charge in [-0.15, -0.1) is 0 Å². The Hall–Kier alpha value is -1.67. The van der Waals surface area contributed by atoms with Crippen molar-refractivity contribution in [2.24, 2.45) is 34.5 Å². The van der Waals surface area contributed by atoms with Gasteiger partial charge in [0.05, 0.1) is 30.5 Å². The smallest absolute Gasteiger partial charge is 0.338 e. The number of carbonyl (C=O) groups is 1. The molecule has 1 spiro atoms. The Balaban J connectivity index is 1.51. The summed E-state index contributed by atoms with van der Waals surface area (Å²) in [5.74, 6) is -2.18. The Kier molecular flexibility index (Phi) is 7.75. The van der Waals surface area contributed by atoms with Crippen molar-refractivity contribution in [2.75, 3.05) is 54.7 Å². The van der Waals surface area contributed by atoms with Gasteiger partial charge in [-0.3, -0.25) is 4.90 Å². The number of piperidine rings is 1. The Bertz CT molecular complexity index is 1280. The third-order valence-electron chi connectivity index (χ3n) is 13.2. The molecule has 1 aliphatic heterocycles. The lowest BCUT2D eigenvalue weighted by Crippen LogP contribution is -2.81. The highest BCUT2D eigenvalue weighted by Crippen LogP contribution is 2.80. The van der Waals surface area contributed by atoms with E-state index < -0.39 is 76.5 Å². The van der Waals surface area contributed by atoms with Crippen molar-refractivity contribution >= 4 is 5.97 Å². The number of likely N-dealkylation sites (tertiary alicyclic amines) is 1. The topological polar surface area (TPSA) is 136 Å². The number of benzene rings is 1. The van der Waals surface area contributed by atoms with Gasteiger partial charge >= 0.3 is 5.97 Å². The average molecular weight is 632 g/mol. The highest BCUT2D eigenvalue weighted by Gasteiger charge is 2.91. The maximum absolute atomic E-state index is 13.8. The first-order valence-corrected chi connectivity index (χ1v) is 16.4. The molecule has 11 nitrogen and oxygen atoms in total. The second-order valence-electron chi connectivity index (χ2n) is 14.3. The molecule has 45 heavy (non-hydrogen) atoms. The Morgan fingerprint density at radius 3 is 2.33 bits per heavy atom. The monoisotopic (exact) mass is 631 g/mol. The minimum atomic E-state index is -1.71. The molecular weight excluding hydrogens is 582 g/mol. The molecule has 5 saturated carbocycles. The number of rotatable bonds is 10. The molecule has 5 aliphatic carbocycles. The van der Waals surface area contributed by atoms with Crippen molar-refractivity contribution < 1.29 is 48.5 Å². The van der Waals surface area contributed by atoms with Crippen LogP contribution in [0.4, 0.5) is 0 Å². The maximum atomic E-state index is 13.8. The summed E-state index contributed by atoms with van der Waals surface area (Å²) < 4.78 is 38.1. The minimum Gasteiger partial charge on any atom is -0.455 e. The summed E-state index contributed by atoms with van der Waals surface area (Å²) in [6.07, 6.45) is -4.41. The van der Waals surface area contributed by atoms with Crippen LogP contribution in [0.1, 0.15) is 37.0 Å². The lowest BCUT2D eigenvalue weighted by molar-refractivity contribution is -0.330. The number of nitrogens with zero attached hydrogens (tertiary/aromatic N) is 1. The Morgan fingerprint density at radius 1 is 1.00 bits per heavy atom. The van der Waals surface area contributed by atoms with E-state index in [0.29, 0.717) is 31.7 Å². The van der Waals surface area contributed by atoms with Crippen molar-refractivity contribution in [1.82, 2.24) is 4.90 Å². The molecule has 1 saturated heterocycles. The maximum Gasteiger partial charge on any atom is 0.338 e. The summed E-state index contributed by atoms with van der Waals surface area (Å²) in [5, 5.41) is 37.3. The van der Waals surface area contributed by atoms with Crippen LogP contribution in [0.2, 0.25) is 0 Å². The molecule has 1 aromatic rings. The standard InChI is InChI=1S/C34H49NO10/c1-7-35-16-31(17-40-3)20(36)14-21(41-4)33-19-15-32(39)28(45-30(38)18-12-10-9-11-13-18)22(19)34(44-8-2,27(37)29(32)43-6)23(26(33)35)24(42-5)25(31)33/h9-13,19-29,36-37,39H,7-8,14-17H2,1-6H3/t19-,20-,21+,22-,23+,24+,25-,26-,27+,28-,29+,31+,32+,33+,34-/m1/s1. The fourth-order valence-corrected chi connectivity index (χ4v) is 12.4. The number of fused-ring (bicyclic) bond motifs is 2. The van der Waals surface area contributed by atoms with Crippen LogP contribution in [0.25, 0.3) is 0 Å². The van der Waals surface area contributed by atoms with Gasteiger partial charge in [-0.05, 0) is 37.9 Å². The molecule has 3 N–H and O–H groups in total. The first-order valence-electron chi connectivity index (χ1n) is 16.4. The lowest BCUT2D eigenvalue weighted by Gasteiger charge is -2.70. The van der Waals surface area contributed by atoms with Crippen LogP contribution in [-0.2, 0) is 28.4 Å². The molecule has 6 aliphatic rings. The summed E-state index contributed by atoms with van der Waals surface area (Å²) in [7, 11) is 6.53. The predicted molar refractivity (Wildman–Crippen MR) is 160 cm³/mol. The van der Waals surface area contributed by atoms with E-state index in [2.05, 4.69) is 11.8 Å². The third kappa shape index (κ3) is 3.60. The number of esters is 1. The van der Waals surface area contributed by atoms with E-state index in [4.69, 9.17) is 28.4 Å². The van der Waals surface area contributed by atoms with Gasteiger partial charge < -0.3 is 43.7 Å². The molecule has 11 heteroatoms. The number of hydrogen-bond acceptors (Lipinski definition) is 11. The van der Waals surface area contributed by atoms with Crippen LogP contribution in [-0.4, -0.2) is 135 Å². The summed E-state index contributed by atoms with van der Waals surface area (Å²) in [5.41, 5.74) is -4.00. The summed E-state index contributed by atoms with van der Waals surface area (Å²) in [6, 6.07) is 8.57. The lowest BCUT2D eigenvalue weighted by atomic mass is 9.42. The zero-order chi connectivity index (χ0) is 32.1. The van der Waals surface area contributed by atoms with E-state index in [-0.39, 0.29) is 30.9 Å². The van der Waals surface area contributed by atoms with Crippen LogP contribution in [0.5, 0.6) is 0 Å². The quantitative estimate of drug-likeness (QED) is 0.321. The van der Waals surface area contributed by atoms with Gasteiger partial charge in [0.15, 0.2) is 0 Å². The second kappa shape index (κ2) is 10.9. The van der Waals surface area contributed by atoms with Crippen LogP contribution in [0.15, 0.2) is 30.3 Å². The molecule has 1 aromatic carbocycles. The average Bonchev–Trinajstić information content (AvgIpc) is 3.41. The van der Waals surface area contributed by atoms with Crippen molar-refractivity contribution in [1.29, 1.82) is 0 Å². The summed E-state index contributed by atoms with van der Waals surface area (Å²) in [4.78, 5) is 16.2. The van der Waals surface area contributed by atoms with Crippen LogP contribution >= 0.6 is 0 Å². The van der Waals surface area contributed by atoms with Gasteiger partial charge in [0.2, 0.25) is 0 Å². The molecule has 0 amide bonds. The zero-order valence-electron chi connectivity index (χ0n) is 27.1. The number of methoxy groups -OCH3 is 4. The zero-order valence-corrected chi connectivity index (χ0v) is 27.1. The molecule has 0 aromatic heterocycles. The highest BCUT2D eigenvalue weighted by molar-refractivity contribution is 5.89. The van der Waals surface area contributed by atoms with Gasteiger partial charge in [-0.25, -0.2) is 4.79 Å². The van der Waals surface area contributed by atoms with Crippen molar-refractivity contribution in [2.45, 2.75) is 80.6 Å². The fourth-order valence-electron chi connectivity index (χ4n) is 12.4. The van der Waals surface area contributed by atoms with E-state index in [1.807, 2.05) is 13.0 Å². The number of aliphatic hydroxyl groups excluding tert-OH is 2. The SMILES string of the molecule is CCO[C@]12[C@H]3[C@@H](OC(=O)c4ccccc4)[C@@](O)(C[C@H]3[C@@]34[C@@H](OC)C[C@@H](O)[C@@]5(COC)CN(CC)[C@@H]3[C@@H]1[C@H](OC)[C@H]54)[C@@H](OC)[C@@H]2O. The van der Waals surface area contributed by atoms with Gasteiger partial charge in [-0.2, -0.15) is 0 Å². The minimum absolute atomic E-state index is 0.175. The van der Waals surface area contributed by atoms with Gasteiger partial charge in [0.1, 0.15) is 29.5 Å². The van der Waals surface area contributed by atoms with E-state index in [0.717, 1.165) is 0 Å². The largest absolute Gasteiger partial charge is 0.455 e. The first-order chi connectivity index (χ1) is 21.6. The number of carbonyl (C=O) groups excluding carboxylic acids is 1. The molecule has 6 fully saturated rings. The second-order valence-corrected chi connectivity index (χ2v) is 14.3. The summed E-state index contributed by atoms with van der Waals surface area (Å²) in [6.45, 7) is 5.86.